The highest BCUT2D eigenvalue weighted by molar-refractivity contribution is 7.12. The second-order valence-electron chi connectivity index (χ2n) is 2.26. The molecule has 60 valence electrons. The lowest BCUT2D eigenvalue weighted by Crippen LogP contribution is -1.94. The zero-order valence-corrected chi connectivity index (χ0v) is 6.71. The van der Waals surface area contributed by atoms with Crippen LogP contribution in [0.3, 0.4) is 0 Å². The largest absolute Gasteiger partial charge is 0.478 e. The van der Waals surface area contributed by atoms with Crippen molar-refractivity contribution in [3.63, 3.8) is 0 Å². The summed E-state index contributed by atoms with van der Waals surface area (Å²) < 4.78 is 4.60. The van der Waals surface area contributed by atoms with Crippen LogP contribution >= 0.6 is 11.5 Å². The van der Waals surface area contributed by atoms with Crippen LogP contribution < -0.4 is 0 Å². The molecule has 2 rings (SSSR count). The van der Waals surface area contributed by atoms with Gasteiger partial charge in [-0.25, -0.2) is 4.79 Å². The van der Waals surface area contributed by atoms with E-state index in [9.17, 15) is 4.79 Å². The Kier molecular flexibility index (Phi) is 1.51. The van der Waals surface area contributed by atoms with Gasteiger partial charge in [-0.2, -0.15) is 0 Å². The van der Waals surface area contributed by atoms with E-state index in [1.165, 1.54) is 17.6 Å². The summed E-state index contributed by atoms with van der Waals surface area (Å²) in [6.45, 7) is 0. The number of aromatic carboxylic acids is 1. The quantitative estimate of drug-likeness (QED) is 0.720. The van der Waals surface area contributed by atoms with Crippen LogP contribution in [0.4, 0.5) is 0 Å². The Bertz CT molecular complexity index is 438. The van der Waals surface area contributed by atoms with Crippen molar-refractivity contribution in [3.8, 4) is 0 Å². The molecule has 1 N–H and O–H groups in total. The van der Waals surface area contributed by atoms with E-state index in [1.54, 1.807) is 12.1 Å². The Hall–Kier alpha value is -1.49. The molecule has 0 spiro atoms. The SMILES string of the molecule is O=C(O)c1ccc2snnc2c1. The van der Waals surface area contributed by atoms with Gasteiger partial charge in [-0.15, -0.1) is 5.10 Å². The fourth-order valence-corrected chi connectivity index (χ4v) is 1.45. The van der Waals surface area contributed by atoms with E-state index < -0.39 is 5.97 Å². The van der Waals surface area contributed by atoms with Crippen LogP contribution in [0, 0.1) is 0 Å². The maximum Gasteiger partial charge on any atom is 0.335 e. The number of hydrogen-bond acceptors (Lipinski definition) is 4. The molecule has 0 saturated heterocycles. The van der Waals surface area contributed by atoms with E-state index in [2.05, 4.69) is 9.59 Å². The average Bonchev–Trinajstić information content (AvgIpc) is 2.49. The van der Waals surface area contributed by atoms with Gasteiger partial charge in [-0.1, -0.05) is 4.49 Å². The van der Waals surface area contributed by atoms with Crippen molar-refractivity contribution in [2.75, 3.05) is 0 Å². The summed E-state index contributed by atoms with van der Waals surface area (Å²) in [5.74, 6) is -0.940. The lowest BCUT2D eigenvalue weighted by atomic mass is 10.2. The van der Waals surface area contributed by atoms with Crippen molar-refractivity contribution in [3.05, 3.63) is 23.8 Å². The first-order valence-electron chi connectivity index (χ1n) is 3.23. The highest BCUT2D eigenvalue weighted by Gasteiger charge is 2.04. The second kappa shape index (κ2) is 2.53. The van der Waals surface area contributed by atoms with Gasteiger partial charge < -0.3 is 5.11 Å². The zero-order chi connectivity index (χ0) is 8.55. The predicted molar refractivity (Wildman–Crippen MR) is 44.4 cm³/mol. The molecule has 0 aliphatic rings. The Morgan fingerprint density at radius 1 is 1.50 bits per heavy atom. The molecule has 1 heterocycles. The smallest absolute Gasteiger partial charge is 0.335 e. The lowest BCUT2D eigenvalue weighted by Gasteiger charge is -1.90. The standard InChI is InChI=1S/C7H4N2O2S/c10-7(11)4-1-2-6-5(3-4)8-9-12-6/h1-3H,(H,10,11). The van der Waals surface area contributed by atoms with Gasteiger partial charge >= 0.3 is 5.97 Å². The van der Waals surface area contributed by atoms with Crippen LogP contribution in [-0.2, 0) is 0 Å². The van der Waals surface area contributed by atoms with Crippen LogP contribution in [0.2, 0.25) is 0 Å². The van der Waals surface area contributed by atoms with E-state index in [4.69, 9.17) is 5.11 Å². The highest BCUT2D eigenvalue weighted by Crippen LogP contribution is 2.16. The zero-order valence-electron chi connectivity index (χ0n) is 5.89. The van der Waals surface area contributed by atoms with E-state index in [1.807, 2.05) is 0 Å². The van der Waals surface area contributed by atoms with E-state index in [-0.39, 0.29) is 5.56 Å². The molecule has 1 aromatic carbocycles. The second-order valence-corrected chi connectivity index (χ2v) is 3.05. The van der Waals surface area contributed by atoms with Gasteiger partial charge in [0.1, 0.15) is 5.52 Å². The molecule has 0 saturated carbocycles. The molecule has 0 fully saturated rings. The van der Waals surface area contributed by atoms with Crippen LogP contribution in [0.15, 0.2) is 18.2 Å². The van der Waals surface area contributed by atoms with Gasteiger partial charge in [-0.05, 0) is 29.7 Å². The molecular weight excluding hydrogens is 176 g/mol. The number of benzene rings is 1. The van der Waals surface area contributed by atoms with Crippen molar-refractivity contribution >= 4 is 27.7 Å². The molecule has 0 atom stereocenters. The molecule has 2 aromatic rings. The van der Waals surface area contributed by atoms with Gasteiger partial charge in [0, 0.05) is 0 Å². The van der Waals surface area contributed by atoms with Crippen molar-refractivity contribution in [2.24, 2.45) is 0 Å². The molecule has 0 aliphatic heterocycles. The fraction of sp³-hybridized carbons (Fsp3) is 0. The monoisotopic (exact) mass is 180 g/mol. The van der Waals surface area contributed by atoms with Gasteiger partial charge in [0.2, 0.25) is 0 Å². The number of fused-ring (bicyclic) bond motifs is 1. The average molecular weight is 180 g/mol. The van der Waals surface area contributed by atoms with Crippen molar-refractivity contribution in [1.82, 2.24) is 9.59 Å². The number of carboxylic acid groups (broad SMARTS) is 1. The molecule has 0 aliphatic carbocycles. The Balaban J connectivity index is 2.68. The van der Waals surface area contributed by atoms with Crippen molar-refractivity contribution in [2.45, 2.75) is 0 Å². The van der Waals surface area contributed by atoms with Crippen molar-refractivity contribution in [1.29, 1.82) is 0 Å². The first-order valence-corrected chi connectivity index (χ1v) is 4.00. The molecule has 0 radical (unpaired) electrons. The third-order valence-corrected chi connectivity index (χ3v) is 2.20. The summed E-state index contributed by atoms with van der Waals surface area (Å²) in [5, 5.41) is 12.4. The van der Waals surface area contributed by atoms with Crippen LogP contribution in [-0.4, -0.2) is 20.7 Å². The number of carboxylic acids is 1. The highest BCUT2D eigenvalue weighted by atomic mass is 32.1. The number of carbonyl (C=O) groups is 1. The summed E-state index contributed by atoms with van der Waals surface area (Å²) in [4.78, 5) is 10.5. The van der Waals surface area contributed by atoms with Gasteiger partial charge in [-0.3, -0.25) is 0 Å². The third-order valence-electron chi connectivity index (χ3n) is 1.49. The van der Waals surface area contributed by atoms with Crippen LogP contribution in [0.1, 0.15) is 10.4 Å². The molecule has 1 aromatic heterocycles. The molecule has 5 heteroatoms. The van der Waals surface area contributed by atoms with Crippen LogP contribution in [0.5, 0.6) is 0 Å². The van der Waals surface area contributed by atoms with Crippen LogP contribution in [0.25, 0.3) is 10.2 Å². The van der Waals surface area contributed by atoms with Gasteiger partial charge in [0.15, 0.2) is 0 Å². The molecule has 12 heavy (non-hydrogen) atoms. The van der Waals surface area contributed by atoms with Gasteiger partial charge in [0.05, 0.1) is 10.3 Å². The maximum absolute atomic E-state index is 10.5. The Morgan fingerprint density at radius 3 is 3.08 bits per heavy atom. The molecule has 4 nitrogen and oxygen atoms in total. The normalized spacial score (nSPS) is 10.3. The number of aromatic nitrogens is 2. The van der Waals surface area contributed by atoms with E-state index in [0.717, 1.165) is 4.70 Å². The fourth-order valence-electron chi connectivity index (χ4n) is 0.914. The summed E-state index contributed by atoms with van der Waals surface area (Å²) >= 11 is 1.25. The van der Waals surface area contributed by atoms with Crippen molar-refractivity contribution < 1.29 is 9.90 Å². The maximum atomic E-state index is 10.5. The van der Waals surface area contributed by atoms with Gasteiger partial charge in [0.25, 0.3) is 0 Å². The topological polar surface area (TPSA) is 63.1 Å². The predicted octanol–water partition coefficient (Wildman–Crippen LogP) is 1.39. The molecular formula is C7H4N2O2S. The molecule has 0 unspecified atom stereocenters. The minimum Gasteiger partial charge on any atom is -0.478 e. The lowest BCUT2D eigenvalue weighted by molar-refractivity contribution is 0.0697. The molecule has 0 bridgehead atoms. The van der Waals surface area contributed by atoms with E-state index >= 15 is 0 Å². The number of nitrogens with zero attached hydrogens (tertiary/aromatic N) is 2. The molecule has 0 amide bonds. The number of rotatable bonds is 1. The minimum atomic E-state index is -0.940. The van der Waals surface area contributed by atoms with E-state index in [0.29, 0.717) is 5.52 Å². The summed E-state index contributed by atoms with van der Waals surface area (Å²) in [7, 11) is 0. The summed E-state index contributed by atoms with van der Waals surface area (Å²) in [6, 6.07) is 4.77. The third kappa shape index (κ3) is 1.04. The minimum absolute atomic E-state index is 0.246. The first-order chi connectivity index (χ1) is 5.77. The summed E-state index contributed by atoms with van der Waals surface area (Å²) in [5.41, 5.74) is 0.884. The number of hydrogen-bond donors (Lipinski definition) is 1. The Morgan fingerprint density at radius 2 is 2.33 bits per heavy atom. The summed E-state index contributed by atoms with van der Waals surface area (Å²) in [6.07, 6.45) is 0. The first kappa shape index (κ1) is 7.17. The Labute approximate surface area is 71.6 Å².